The molecule has 1 saturated carbocycles. The van der Waals surface area contributed by atoms with Crippen molar-refractivity contribution in [2.45, 2.75) is 45.2 Å². The van der Waals surface area contributed by atoms with Gasteiger partial charge in [0.05, 0.1) is 6.67 Å². The monoisotopic (exact) mass is 278 g/mol. The van der Waals surface area contributed by atoms with Crippen molar-refractivity contribution in [1.29, 1.82) is 0 Å². The minimum Gasteiger partial charge on any atom is -0.329 e. The van der Waals surface area contributed by atoms with Crippen LogP contribution < -0.4 is 0 Å². The number of likely N-dealkylation sites (tertiary alicyclic amines) is 1. The van der Waals surface area contributed by atoms with Gasteiger partial charge >= 0.3 is 0 Å². The van der Waals surface area contributed by atoms with E-state index in [1.807, 2.05) is 11.3 Å². The van der Waals surface area contributed by atoms with Gasteiger partial charge in [0.25, 0.3) is 0 Å². The Kier molecular flexibility index (Phi) is 3.89. The molecule has 2 heterocycles. The fourth-order valence-corrected chi connectivity index (χ4v) is 3.52. The molecule has 3 nitrogen and oxygen atoms in total. The van der Waals surface area contributed by atoms with E-state index in [0.29, 0.717) is 17.9 Å². The molecule has 19 heavy (non-hydrogen) atoms. The predicted molar refractivity (Wildman–Crippen MR) is 77.9 cm³/mol. The van der Waals surface area contributed by atoms with Crippen LogP contribution in [0.5, 0.6) is 0 Å². The summed E-state index contributed by atoms with van der Waals surface area (Å²) in [5, 5.41) is 2.13. The summed E-state index contributed by atoms with van der Waals surface area (Å²) in [4.78, 5) is 18.0. The van der Waals surface area contributed by atoms with E-state index in [9.17, 15) is 4.79 Å². The van der Waals surface area contributed by atoms with Crippen LogP contribution in [0.25, 0.3) is 0 Å². The highest BCUT2D eigenvalue weighted by molar-refractivity contribution is 7.09. The molecule has 0 unspecified atom stereocenters. The van der Waals surface area contributed by atoms with Gasteiger partial charge in [-0.2, -0.15) is 0 Å². The van der Waals surface area contributed by atoms with Crippen molar-refractivity contribution in [2.24, 2.45) is 5.92 Å². The Morgan fingerprint density at radius 3 is 2.95 bits per heavy atom. The summed E-state index contributed by atoms with van der Waals surface area (Å²) in [5.74, 6) is 0.996. The van der Waals surface area contributed by atoms with Crippen molar-refractivity contribution in [3.63, 3.8) is 0 Å². The fourth-order valence-electron chi connectivity index (χ4n) is 2.79. The van der Waals surface area contributed by atoms with E-state index in [-0.39, 0.29) is 0 Å². The number of hydrogen-bond acceptors (Lipinski definition) is 3. The van der Waals surface area contributed by atoms with Crippen LogP contribution in [0.3, 0.4) is 0 Å². The molecule has 1 aliphatic carbocycles. The minimum atomic E-state index is 0.343. The Labute approximate surface area is 119 Å². The molecule has 2 aliphatic rings. The van der Waals surface area contributed by atoms with Gasteiger partial charge in [-0.3, -0.25) is 9.69 Å². The summed E-state index contributed by atoms with van der Waals surface area (Å²) in [6, 6.07) is 5.01. The molecule has 1 amide bonds. The molecule has 1 aromatic heterocycles. The lowest BCUT2D eigenvalue weighted by Gasteiger charge is -2.35. The zero-order chi connectivity index (χ0) is 13.2. The van der Waals surface area contributed by atoms with Crippen molar-refractivity contribution < 1.29 is 4.79 Å². The third-order valence-corrected chi connectivity index (χ3v) is 4.95. The third kappa shape index (κ3) is 3.37. The topological polar surface area (TPSA) is 23.6 Å². The summed E-state index contributed by atoms with van der Waals surface area (Å²) in [5.41, 5.74) is 0. The molecule has 1 aliphatic heterocycles. The number of carbonyl (C=O) groups excluding carboxylic acids is 1. The van der Waals surface area contributed by atoms with Crippen LogP contribution in [0.15, 0.2) is 17.5 Å². The molecule has 1 atom stereocenters. The molecule has 3 rings (SSSR count). The highest BCUT2D eigenvalue weighted by Gasteiger charge is 2.32. The second-order valence-electron chi connectivity index (χ2n) is 5.96. The maximum Gasteiger partial charge on any atom is 0.223 e. The smallest absolute Gasteiger partial charge is 0.223 e. The fraction of sp³-hybridized carbons (Fsp3) is 0.667. The van der Waals surface area contributed by atoms with Crippen LogP contribution in [0.2, 0.25) is 0 Å². The largest absolute Gasteiger partial charge is 0.329 e. The van der Waals surface area contributed by atoms with Gasteiger partial charge in [0.15, 0.2) is 0 Å². The molecular formula is C15H22N2OS. The summed E-state index contributed by atoms with van der Waals surface area (Å²) in [6.45, 7) is 5.01. The van der Waals surface area contributed by atoms with Crippen molar-refractivity contribution in [1.82, 2.24) is 9.80 Å². The Morgan fingerprint density at radius 2 is 2.26 bits per heavy atom. The molecule has 0 spiro atoms. The van der Waals surface area contributed by atoms with Crippen LogP contribution in [-0.4, -0.2) is 35.0 Å². The number of hydrogen-bond donors (Lipinski definition) is 0. The van der Waals surface area contributed by atoms with Crippen LogP contribution in [0, 0.1) is 5.92 Å². The second kappa shape index (κ2) is 5.63. The van der Waals surface area contributed by atoms with Crippen LogP contribution in [-0.2, 0) is 11.3 Å². The van der Waals surface area contributed by atoms with Gasteiger partial charge in [-0.05, 0) is 36.6 Å². The van der Waals surface area contributed by atoms with Crippen LogP contribution in [0.4, 0.5) is 0 Å². The standard InChI is InChI=1S/C15H22N2OS/c1-12-4-7-15(18)17(9-12)11-16(13-5-6-13)10-14-3-2-8-19-14/h2-3,8,12-13H,4-7,9-11H2,1H3/t12-/m1/s1. The molecule has 0 aromatic carbocycles. The van der Waals surface area contributed by atoms with Gasteiger partial charge in [-0.1, -0.05) is 13.0 Å². The quantitative estimate of drug-likeness (QED) is 0.827. The number of rotatable bonds is 5. The highest BCUT2D eigenvalue weighted by Crippen LogP contribution is 2.30. The first-order valence-electron chi connectivity index (χ1n) is 7.26. The van der Waals surface area contributed by atoms with E-state index in [4.69, 9.17) is 0 Å². The van der Waals surface area contributed by atoms with Gasteiger partial charge < -0.3 is 4.90 Å². The number of amides is 1. The normalized spacial score (nSPS) is 24.2. The summed E-state index contributed by atoms with van der Waals surface area (Å²) in [6.07, 6.45) is 4.38. The first-order valence-corrected chi connectivity index (χ1v) is 8.14. The molecule has 0 bridgehead atoms. The number of nitrogens with zero attached hydrogens (tertiary/aromatic N) is 2. The summed E-state index contributed by atoms with van der Waals surface area (Å²) in [7, 11) is 0. The summed E-state index contributed by atoms with van der Waals surface area (Å²) < 4.78 is 0. The van der Waals surface area contributed by atoms with E-state index in [2.05, 4.69) is 34.2 Å². The van der Waals surface area contributed by atoms with Crippen LogP contribution in [0.1, 0.15) is 37.5 Å². The average molecular weight is 278 g/mol. The zero-order valence-corrected chi connectivity index (χ0v) is 12.4. The van der Waals surface area contributed by atoms with Gasteiger partial charge in [0.1, 0.15) is 0 Å². The molecule has 0 radical (unpaired) electrons. The van der Waals surface area contributed by atoms with Crippen molar-refractivity contribution >= 4 is 17.2 Å². The Morgan fingerprint density at radius 1 is 1.42 bits per heavy atom. The molecule has 0 N–H and O–H groups in total. The highest BCUT2D eigenvalue weighted by atomic mass is 32.1. The van der Waals surface area contributed by atoms with Gasteiger partial charge in [0.2, 0.25) is 5.91 Å². The van der Waals surface area contributed by atoms with Gasteiger partial charge in [0, 0.05) is 30.4 Å². The predicted octanol–water partition coefficient (Wildman–Crippen LogP) is 2.93. The maximum absolute atomic E-state index is 12.0. The SMILES string of the molecule is C[C@@H]1CCC(=O)N(CN(Cc2cccs2)C2CC2)C1. The molecule has 1 saturated heterocycles. The first-order chi connectivity index (χ1) is 9.22. The van der Waals surface area contributed by atoms with E-state index >= 15 is 0 Å². The lowest BCUT2D eigenvalue weighted by Crippen LogP contribution is -2.46. The van der Waals surface area contributed by atoms with Crippen molar-refractivity contribution in [3.8, 4) is 0 Å². The number of carbonyl (C=O) groups is 1. The molecular weight excluding hydrogens is 256 g/mol. The van der Waals surface area contributed by atoms with Gasteiger partial charge in [-0.15, -0.1) is 11.3 Å². The lowest BCUT2D eigenvalue weighted by molar-refractivity contribution is -0.137. The lowest BCUT2D eigenvalue weighted by atomic mass is 10.0. The Balaban J connectivity index is 1.62. The van der Waals surface area contributed by atoms with E-state index in [1.165, 1.54) is 17.7 Å². The molecule has 104 valence electrons. The van der Waals surface area contributed by atoms with Crippen LogP contribution >= 0.6 is 11.3 Å². The first kappa shape index (κ1) is 13.1. The molecule has 4 heteroatoms. The number of piperidine rings is 1. The molecule has 2 fully saturated rings. The second-order valence-corrected chi connectivity index (χ2v) is 6.99. The Bertz CT molecular complexity index is 427. The average Bonchev–Trinajstić information content (AvgIpc) is 3.12. The minimum absolute atomic E-state index is 0.343. The van der Waals surface area contributed by atoms with E-state index in [1.54, 1.807) is 0 Å². The van der Waals surface area contributed by atoms with E-state index < -0.39 is 0 Å². The summed E-state index contributed by atoms with van der Waals surface area (Å²) >= 11 is 1.81. The van der Waals surface area contributed by atoms with Crippen molar-refractivity contribution in [2.75, 3.05) is 13.2 Å². The van der Waals surface area contributed by atoms with Gasteiger partial charge in [-0.25, -0.2) is 0 Å². The Hall–Kier alpha value is -0.870. The van der Waals surface area contributed by atoms with E-state index in [0.717, 1.165) is 32.6 Å². The maximum atomic E-state index is 12.0. The van der Waals surface area contributed by atoms with Crippen molar-refractivity contribution in [3.05, 3.63) is 22.4 Å². The number of thiophene rings is 1. The zero-order valence-electron chi connectivity index (χ0n) is 11.5. The molecule has 1 aromatic rings. The third-order valence-electron chi connectivity index (χ3n) is 4.09.